The molecule has 0 saturated heterocycles. The van der Waals surface area contributed by atoms with E-state index < -0.39 is 10.0 Å². The van der Waals surface area contributed by atoms with Gasteiger partial charge in [-0.25, -0.2) is 13.6 Å². The van der Waals surface area contributed by atoms with Crippen molar-refractivity contribution in [2.45, 2.75) is 30.4 Å². The smallest absolute Gasteiger partial charge is 0.247 e. The van der Waals surface area contributed by atoms with Gasteiger partial charge in [-0.05, 0) is 37.8 Å². The first-order chi connectivity index (χ1) is 8.90. The SMILES string of the molecule is CCN(CC1CC1)C(=O)Cc1ccc(S(N)(=O)=O)s1. The molecule has 2 rings (SSSR count). The summed E-state index contributed by atoms with van der Waals surface area (Å²) >= 11 is 1.07. The number of likely N-dealkylation sites (N-methyl/N-ethyl adjacent to an activating group) is 1. The summed E-state index contributed by atoms with van der Waals surface area (Å²) in [4.78, 5) is 14.7. The van der Waals surface area contributed by atoms with Crippen LogP contribution in [-0.2, 0) is 21.2 Å². The van der Waals surface area contributed by atoms with Gasteiger partial charge in [-0.15, -0.1) is 11.3 Å². The molecule has 1 aliphatic carbocycles. The van der Waals surface area contributed by atoms with Crippen LogP contribution < -0.4 is 5.14 Å². The Labute approximate surface area is 117 Å². The highest BCUT2D eigenvalue weighted by atomic mass is 32.2. The van der Waals surface area contributed by atoms with Crippen LogP contribution in [0.25, 0.3) is 0 Å². The van der Waals surface area contributed by atoms with Crippen molar-refractivity contribution in [2.24, 2.45) is 11.1 Å². The van der Waals surface area contributed by atoms with Crippen molar-refractivity contribution in [3.05, 3.63) is 17.0 Å². The normalized spacial score (nSPS) is 15.5. The van der Waals surface area contributed by atoms with E-state index in [1.54, 1.807) is 6.07 Å². The number of hydrogen-bond donors (Lipinski definition) is 1. The summed E-state index contributed by atoms with van der Waals surface area (Å²) in [5.41, 5.74) is 0. The lowest BCUT2D eigenvalue weighted by Crippen LogP contribution is -2.33. The summed E-state index contributed by atoms with van der Waals surface area (Å²) in [5, 5.41) is 5.05. The summed E-state index contributed by atoms with van der Waals surface area (Å²) in [5.74, 6) is 0.712. The molecule has 7 heteroatoms. The van der Waals surface area contributed by atoms with Crippen molar-refractivity contribution in [1.29, 1.82) is 0 Å². The number of primary sulfonamides is 1. The molecule has 0 bridgehead atoms. The van der Waals surface area contributed by atoms with Gasteiger partial charge in [0, 0.05) is 18.0 Å². The molecule has 106 valence electrons. The maximum absolute atomic E-state index is 12.1. The average molecular weight is 302 g/mol. The Kier molecular flexibility index (Phi) is 4.27. The Balaban J connectivity index is 1.99. The van der Waals surface area contributed by atoms with Crippen LogP contribution in [0.4, 0.5) is 0 Å². The first kappa shape index (κ1) is 14.5. The van der Waals surface area contributed by atoms with E-state index in [4.69, 9.17) is 5.14 Å². The average Bonchev–Trinajstić information content (AvgIpc) is 3.02. The molecule has 0 atom stereocenters. The van der Waals surface area contributed by atoms with Crippen LogP contribution in [0.3, 0.4) is 0 Å². The third-order valence-electron chi connectivity index (χ3n) is 3.15. The molecule has 1 saturated carbocycles. The van der Waals surface area contributed by atoms with Crippen LogP contribution >= 0.6 is 11.3 Å². The van der Waals surface area contributed by atoms with Gasteiger partial charge >= 0.3 is 0 Å². The molecular weight excluding hydrogens is 284 g/mol. The van der Waals surface area contributed by atoms with Gasteiger partial charge in [0.05, 0.1) is 6.42 Å². The zero-order valence-electron chi connectivity index (χ0n) is 10.8. The lowest BCUT2D eigenvalue weighted by atomic mass is 10.3. The third-order valence-corrected chi connectivity index (χ3v) is 5.68. The number of thiophene rings is 1. The van der Waals surface area contributed by atoms with Crippen molar-refractivity contribution >= 4 is 27.3 Å². The summed E-state index contributed by atoms with van der Waals surface area (Å²) in [6, 6.07) is 3.12. The number of amides is 1. The molecule has 5 nitrogen and oxygen atoms in total. The zero-order chi connectivity index (χ0) is 14.0. The highest BCUT2D eigenvalue weighted by Gasteiger charge is 2.26. The first-order valence-electron chi connectivity index (χ1n) is 6.29. The third kappa shape index (κ3) is 4.02. The van der Waals surface area contributed by atoms with E-state index in [9.17, 15) is 13.2 Å². The molecule has 0 aliphatic heterocycles. The van der Waals surface area contributed by atoms with E-state index in [2.05, 4.69) is 0 Å². The van der Waals surface area contributed by atoms with Crippen molar-refractivity contribution in [3.63, 3.8) is 0 Å². The Bertz CT molecular complexity index is 561. The molecule has 0 radical (unpaired) electrons. The number of carbonyl (C=O) groups excluding carboxylic acids is 1. The number of sulfonamides is 1. The van der Waals surface area contributed by atoms with Crippen LogP contribution in [0.5, 0.6) is 0 Å². The quantitative estimate of drug-likeness (QED) is 0.857. The number of hydrogen-bond acceptors (Lipinski definition) is 4. The lowest BCUT2D eigenvalue weighted by molar-refractivity contribution is -0.130. The van der Waals surface area contributed by atoms with Crippen LogP contribution in [0.2, 0.25) is 0 Å². The van der Waals surface area contributed by atoms with Gasteiger partial charge in [-0.1, -0.05) is 0 Å². The lowest BCUT2D eigenvalue weighted by Gasteiger charge is -2.20. The molecule has 1 amide bonds. The van der Waals surface area contributed by atoms with Gasteiger partial charge in [0.15, 0.2) is 0 Å². The Morgan fingerprint density at radius 2 is 2.16 bits per heavy atom. The molecule has 1 fully saturated rings. The van der Waals surface area contributed by atoms with Gasteiger partial charge in [0.25, 0.3) is 0 Å². The Morgan fingerprint density at radius 3 is 2.63 bits per heavy atom. The monoisotopic (exact) mass is 302 g/mol. The minimum absolute atomic E-state index is 0.0530. The van der Waals surface area contributed by atoms with Crippen molar-refractivity contribution < 1.29 is 13.2 Å². The summed E-state index contributed by atoms with van der Waals surface area (Å²) < 4.78 is 22.4. The van der Waals surface area contributed by atoms with Crippen molar-refractivity contribution in [1.82, 2.24) is 4.90 Å². The van der Waals surface area contributed by atoms with Gasteiger partial charge in [0.1, 0.15) is 4.21 Å². The molecule has 2 N–H and O–H groups in total. The van der Waals surface area contributed by atoms with Gasteiger partial charge in [-0.2, -0.15) is 0 Å². The van der Waals surface area contributed by atoms with E-state index in [0.29, 0.717) is 12.5 Å². The fourth-order valence-corrected chi connectivity index (χ4v) is 3.66. The fraction of sp³-hybridized carbons (Fsp3) is 0.583. The summed E-state index contributed by atoms with van der Waals surface area (Å²) in [6.45, 7) is 3.48. The standard InChI is InChI=1S/C12H18N2O3S2/c1-2-14(8-9-3-4-9)11(15)7-10-5-6-12(18-10)19(13,16)17/h5-6,9H,2-4,7-8H2,1H3,(H2,13,16,17). The second kappa shape index (κ2) is 5.60. The number of nitrogens with two attached hydrogens (primary N) is 1. The van der Waals surface area contributed by atoms with Crippen LogP contribution in [0.1, 0.15) is 24.6 Å². The molecule has 1 aromatic heterocycles. The molecular formula is C12H18N2O3S2. The predicted octanol–water partition coefficient (Wildman–Crippen LogP) is 1.20. The first-order valence-corrected chi connectivity index (χ1v) is 8.65. The van der Waals surface area contributed by atoms with Crippen LogP contribution in [-0.4, -0.2) is 32.3 Å². The topological polar surface area (TPSA) is 80.5 Å². The molecule has 1 heterocycles. The Hall–Kier alpha value is -0.920. The molecule has 0 spiro atoms. The fourth-order valence-electron chi connectivity index (χ4n) is 1.89. The number of rotatable bonds is 6. The van der Waals surface area contributed by atoms with Crippen LogP contribution in [0, 0.1) is 5.92 Å². The van der Waals surface area contributed by atoms with E-state index in [0.717, 1.165) is 22.8 Å². The maximum Gasteiger partial charge on any atom is 0.247 e. The highest BCUT2D eigenvalue weighted by molar-refractivity contribution is 7.91. The highest BCUT2D eigenvalue weighted by Crippen LogP contribution is 2.30. The molecule has 0 unspecified atom stereocenters. The second-order valence-corrected chi connectivity index (χ2v) is 7.77. The Morgan fingerprint density at radius 1 is 1.47 bits per heavy atom. The molecule has 1 aliphatic rings. The zero-order valence-corrected chi connectivity index (χ0v) is 12.5. The summed E-state index contributed by atoms with van der Waals surface area (Å²) in [7, 11) is -3.66. The van der Waals surface area contributed by atoms with E-state index in [1.807, 2.05) is 11.8 Å². The van der Waals surface area contributed by atoms with Crippen molar-refractivity contribution in [3.8, 4) is 0 Å². The van der Waals surface area contributed by atoms with Crippen LogP contribution in [0.15, 0.2) is 16.3 Å². The molecule has 0 aromatic carbocycles. The predicted molar refractivity (Wildman–Crippen MR) is 74.4 cm³/mol. The number of carbonyl (C=O) groups is 1. The van der Waals surface area contributed by atoms with Crippen molar-refractivity contribution in [2.75, 3.05) is 13.1 Å². The van der Waals surface area contributed by atoms with E-state index in [-0.39, 0.29) is 16.5 Å². The number of nitrogens with zero attached hydrogens (tertiary/aromatic N) is 1. The molecule has 19 heavy (non-hydrogen) atoms. The van der Waals surface area contributed by atoms with E-state index in [1.165, 1.54) is 18.9 Å². The van der Waals surface area contributed by atoms with E-state index >= 15 is 0 Å². The molecule has 1 aromatic rings. The van der Waals surface area contributed by atoms with Gasteiger partial charge in [-0.3, -0.25) is 4.79 Å². The van der Waals surface area contributed by atoms with Gasteiger partial charge in [0.2, 0.25) is 15.9 Å². The largest absolute Gasteiger partial charge is 0.342 e. The second-order valence-electron chi connectivity index (χ2n) is 4.82. The summed E-state index contributed by atoms with van der Waals surface area (Å²) in [6.07, 6.45) is 2.66. The minimum atomic E-state index is -3.66. The maximum atomic E-state index is 12.1. The van der Waals surface area contributed by atoms with Gasteiger partial charge < -0.3 is 4.90 Å². The minimum Gasteiger partial charge on any atom is -0.342 e.